The molecule has 0 aromatic carbocycles. The molecule has 3 N–H and O–H groups in total. The second kappa shape index (κ2) is 10.2. The lowest BCUT2D eigenvalue weighted by Crippen LogP contribution is -2.41. The van der Waals surface area contributed by atoms with Crippen LogP contribution < -0.4 is 15.4 Å². The number of sulfonamides is 1. The van der Waals surface area contributed by atoms with Crippen molar-refractivity contribution < 1.29 is 8.42 Å². The van der Waals surface area contributed by atoms with Crippen molar-refractivity contribution in [3.8, 4) is 0 Å². The maximum absolute atomic E-state index is 12.0. The second-order valence-electron chi connectivity index (χ2n) is 5.46. The predicted molar refractivity (Wildman–Crippen MR) is 92.9 cm³/mol. The number of pyridine rings is 1. The van der Waals surface area contributed by atoms with Gasteiger partial charge in [0.15, 0.2) is 5.96 Å². The molecule has 7 nitrogen and oxygen atoms in total. The van der Waals surface area contributed by atoms with Gasteiger partial charge >= 0.3 is 0 Å². The molecule has 0 unspecified atom stereocenters. The number of rotatable bonds is 9. The highest BCUT2D eigenvalue weighted by Crippen LogP contribution is 2.04. The van der Waals surface area contributed by atoms with Gasteiger partial charge in [0.05, 0.1) is 0 Å². The Morgan fingerprint density at radius 3 is 2.70 bits per heavy atom. The molecule has 130 valence electrons. The highest BCUT2D eigenvalue weighted by molar-refractivity contribution is 7.89. The summed E-state index contributed by atoms with van der Waals surface area (Å²) in [5.41, 5.74) is 0. The largest absolute Gasteiger partial charge is 0.357 e. The highest BCUT2D eigenvalue weighted by atomic mass is 32.2. The van der Waals surface area contributed by atoms with E-state index in [2.05, 4.69) is 39.2 Å². The first-order valence-electron chi connectivity index (χ1n) is 7.87. The molecule has 1 heterocycles. The minimum absolute atomic E-state index is 0.164. The lowest BCUT2D eigenvalue weighted by atomic mass is 10.1. The van der Waals surface area contributed by atoms with E-state index in [4.69, 9.17) is 0 Å². The van der Waals surface area contributed by atoms with E-state index in [1.165, 1.54) is 18.5 Å². The molecule has 0 saturated carbocycles. The van der Waals surface area contributed by atoms with Crippen LogP contribution in [0.1, 0.15) is 27.2 Å². The summed E-state index contributed by atoms with van der Waals surface area (Å²) in [6.07, 6.45) is 3.88. The van der Waals surface area contributed by atoms with Crippen LogP contribution in [0.15, 0.2) is 34.4 Å². The molecule has 0 amide bonds. The molecule has 1 aromatic rings. The first-order chi connectivity index (χ1) is 11.0. The van der Waals surface area contributed by atoms with Gasteiger partial charge < -0.3 is 10.6 Å². The Labute approximate surface area is 139 Å². The van der Waals surface area contributed by atoms with E-state index < -0.39 is 10.0 Å². The molecule has 1 aromatic heterocycles. The van der Waals surface area contributed by atoms with Crippen LogP contribution >= 0.6 is 0 Å². The molecular formula is C15H27N5O2S. The number of hydrogen-bond donors (Lipinski definition) is 3. The van der Waals surface area contributed by atoms with Crippen LogP contribution in [-0.4, -0.2) is 45.5 Å². The van der Waals surface area contributed by atoms with Crippen molar-refractivity contribution >= 4 is 16.0 Å². The van der Waals surface area contributed by atoms with Crippen molar-refractivity contribution in [3.63, 3.8) is 0 Å². The SMILES string of the molecule is CCNC(=NCCC(C)C)NCCNS(=O)(=O)c1cccnc1. The van der Waals surface area contributed by atoms with Gasteiger partial charge in [-0.05, 0) is 31.4 Å². The maximum Gasteiger partial charge on any atom is 0.242 e. The first kappa shape index (κ1) is 19.4. The van der Waals surface area contributed by atoms with Crippen molar-refractivity contribution in [1.82, 2.24) is 20.3 Å². The van der Waals surface area contributed by atoms with Gasteiger partial charge in [-0.3, -0.25) is 9.98 Å². The van der Waals surface area contributed by atoms with Crippen LogP contribution in [0, 0.1) is 5.92 Å². The van der Waals surface area contributed by atoms with Crippen LogP contribution in [-0.2, 0) is 10.0 Å². The lowest BCUT2D eigenvalue weighted by molar-refractivity contribution is 0.579. The monoisotopic (exact) mass is 341 g/mol. The molecular weight excluding hydrogens is 314 g/mol. The van der Waals surface area contributed by atoms with Gasteiger partial charge in [-0.1, -0.05) is 13.8 Å². The molecule has 1 rings (SSSR count). The topological polar surface area (TPSA) is 95.5 Å². The first-order valence-corrected chi connectivity index (χ1v) is 9.36. The van der Waals surface area contributed by atoms with Crippen molar-refractivity contribution in [2.45, 2.75) is 32.1 Å². The van der Waals surface area contributed by atoms with Gasteiger partial charge in [-0.15, -0.1) is 0 Å². The summed E-state index contributed by atoms with van der Waals surface area (Å²) in [5, 5.41) is 6.25. The Morgan fingerprint density at radius 2 is 2.09 bits per heavy atom. The van der Waals surface area contributed by atoms with Crippen molar-refractivity contribution in [2.24, 2.45) is 10.9 Å². The summed E-state index contributed by atoms with van der Waals surface area (Å²) >= 11 is 0. The van der Waals surface area contributed by atoms with Gasteiger partial charge in [-0.2, -0.15) is 0 Å². The zero-order valence-electron chi connectivity index (χ0n) is 14.0. The quantitative estimate of drug-likeness (QED) is 0.353. The second-order valence-corrected chi connectivity index (χ2v) is 7.22. The number of guanidine groups is 1. The summed E-state index contributed by atoms with van der Waals surface area (Å²) in [7, 11) is -3.51. The molecule has 0 bridgehead atoms. The van der Waals surface area contributed by atoms with Crippen LogP contribution in [0.5, 0.6) is 0 Å². The molecule has 8 heteroatoms. The summed E-state index contributed by atoms with van der Waals surface area (Å²) in [6.45, 7) is 8.53. The maximum atomic E-state index is 12.0. The third-order valence-corrected chi connectivity index (χ3v) is 4.42. The summed E-state index contributed by atoms with van der Waals surface area (Å²) in [6, 6.07) is 3.11. The Balaban J connectivity index is 2.41. The summed E-state index contributed by atoms with van der Waals surface area (Å²) in [4.78, 5) is 8.43. The Morgan fingerprint density at radius 1 is 1.30 bits per heavy atom. The van der Waals surface area contributed by atoms with E-state index in [0.717, 1.165) is 19.5 Å². The van der Waals surface area contributed by atoms with E-state index in [1.807, 2.05) is 6.92 Å². The van der Waals surface area contributed by atoms with Crippen molar-refractivity contribution in [3.05, 3.63) is 24.5 Å². The van der Waals surface area contributed by atoms with Crippen LogP contribution in [0.4, 0.5) is 0 Å². The molecule has 0 fully saturated rings. The number of nitrogens with zero attached hydrogens (tertiary/aromatic N) is 2. The molecule has 23 heavy (non-hydrogen) atoms. The fraction of sp³-hybridized carbons (Fsp3) is 0.600. The van der Waals surface area contributed by atoms with Gasteiger partial charge in [0, 0.05) is 38.6 Å². The van der Waals surface area contributed by atoms with Crippen LogP contribution in [0.3, 0.4) is 0 Å². The highest BCUT2D eigenvalue weighted by Gasteiger charge is 2.12. The van der Waals surface area contributed by atoms with E-state index in [9.17, 15) is 8.42 Å². The van der Waals surface area contributed by atoms with Crippen LogP contribution in [0.2, 0.25) is 0 Å². The lowest BCUT2D eigenvalue weighted by Gasteiger charge is -2.12. The normalized spacial score (nSPS) is 12.4. The molecule has 0 atom stereocenters. The van der Waals surface area contributed by atoms with E-state index in [-0.39, 0.29) is 11.4 Å². The van der Waals surface area contributed by atoms with Gasteiger partial charge in [0.2, 0.25) is 10.0 Å². The smallest absolute Gasteiger partial charge is 0.242 e. The van der Waals surface area contributed by atoms with Gasteiger partial charge in [0.25, 0.3) is 0 Å². The molecule has 0 aliphatic rings. The Bertz CT molecular complexity index is 573. The van der Waals surface area contributed by atoms with Gasteiger partial charge in [-0.25, -0.2) is 13.1 Å². The van der Waals surface area contributed by atoms with E-state index in [1.54, 1.807) is 6.07 Å². The molecule has 0 radical (unpaired) electrons. The zero-order valence-corrected chi connectivity index (χ0v) is 14.9. The average molecular weight is 341 g/mol. The Hall–Kier alpha value is -1.67. The Kier molecular flexibility index (Phi) is 8.57. The third kappa shape index (κ3) is 7.94. The van der Waals surface area contributed by atoms with Crippen molar-refractivity contribution in [2.75, 3.05) is 26.2 Å². The average Bonchev–Trinajstić information content (AvgIpc) is 2.52. The fourth-order valence-corrected chi connectivity index (χ4v) is 2.73. The molecule has 0 saturated heterocycles. The van der Waals surface area contributed by atoms with Crippen LogP contribution in [0.25, 0.3) is 0 Å². The minimum atomic E-state index is -3.51. The standard InChI is InChI=1S/C15H27N5O2S/c1-4-17-15(18-9-7-13(2)3)19-10-11-20-23(21,22)14-6-5-8-16-12-14/h5-6,8,12-13,20H,4,7,9-11H2,1-3H3,(H2,17,18,19). The fourth-order valence-electron chi connectivity index (χ4n) is 1.73. The summed E-state index contributed by atoms with van der Waals surface area (Å²) in [5.74, 6) is 1.31. The van der Waals surface area contributed by atoms with Gasteiger partial charge in [0.1, 0.15) is 4.90 Å². The van der Waals surface area contributed by atoms with Crippen molar-refractivity contribution in [1.29, 1.82) is 0 Å². The summed E-state index contributed by atoms with van der Waals surface area (Å²) < 4.78 is 26.6. The number of aliphatic imine (C=N–C) groups is 1. The zero-order chi connectivity index (χ0) is 17.1. The number of nitrogens with one attached hydrogen (secondary N) is 3. The van der Waals surface area contributed by atoms with E-state index >= 15 is 0 Å². The molecule has 0 spiro atoms. The molecule has 0 aliphatic heterocycles. The molecule has 0 aliphatic carbocycles. The number of hydrogen-bond acceptors (Lipinski definition) is 4. The van der Waals surface area contributed by atoms with E-state index in [0.29, 0.717) is 18.4 Å². The minimum Gasteiger partial charge on any atom is -0.357 e. The third-order valence-electron chi connectivity index (χ3n) is 2.97. The number of aromatic nitrogens is 1. The predicted octanol–water partition coefficient (Wildman–Crippen LogP) is 0.961.